The second-order valence-corrected chi connectivity index (χ2v) is 4.06. The van der Waals surface area contributed by atoms with Crippen LogP contribution in [-0.2, 0) is 4.74 Å². The highest BCUT2D eigenvalue weighted by Crippen LogP contribution is 2.02. The maximum atomic E-state index is 12.2. The summed E-state index contributed by atoms with van der Waals surface area (Å²) in [4.78, 5) is 31.1. The molecule has 0 amide bonds. The smallest absolute Gasteiger partial charge is 0.377 e. The number of nitrogens with zero attached hydrogens (tertiary/aromatic N) is 5. The lowest BCUT2D eigenvalue weighted by Gasteiger charge is -2.09. The van der Waals surface area contributed by atoms with E-state index in [4.69, 9.17) is 0 Å². The molecule has 0 saturated carbocycles. The van der Waals surface area contributed by atoms with E-state index >= 15 is 0 Å². The predicted molar refractivity (Wildman–Crippen MR) is 65.1 cm³/mol. The molecule has 2 rings (SSSR count). The molecule has 2 heterocycles. The summed E-state index contributed by atoms with van der Waals surface area (Å²) in [7, 11) is 1.23. The van der Waals surface area contributed by atoms with Crippen molar-refractivity contribution < 1.29 is 9.53 Å². The zero-order valence-corrected chi connectivity index (χ0v) is 10.8. The third-order valence-corrected chi connectivity index (χ3v) is 2.48. The molecule has 0 N–H and O–H groups in total. The third-order valence-electron chi connectivity index (χ3n) is 2.48. The summed E-state index contributed by atoms with van der Waals surface area (Å²) in [5.41, 5.74) is -0.307. The van der Waals surface area contributed by atoms with E-state index in [0.717, 1.165) is 4.68 Å². The van der Waals surface area contributed by atoms with Crippen molar-refractivity contribution in [3.63, 3.8) is 0 Å². The normalized spacial score (nSPS) is 10.7. The van der Waals surface area contributed by atoms with E-state index in [1.807, 2.05) is 13.8 Å². The Labute approximate surface area is 108 Å². The van der Waals surface area contributed by atoms with Gasteiger partial charge in [-0.05, 0) is 13.8 Å². The fourth-order valence-corrected chi connectivity index (χ4v) is 1.53. The summed E-state index contributed by atoms with van der Waals surface area (Å²) >= 11 is 0. The van der Waals surface area contributed by atoms with Crippen LogP contribution in [0.1, 0.15) is 30.5 Å². The van der Waals surface area contributed by atoms with Gasteiger partial charge in [0.15, 0.2) is 0 Å². The van der Waals surface area contributed by atoms with E-state index in [9.17, 15) is 9.59 Å². The molecule has 0 bridgehead atoms. The van der Waals surface area contributed by atoms with Crippen LogP contribution < -0.4 is 5.56 Å². The summed E-state index contributed by atoms with van der Waals surface area (Å²) < 4.78 is 7.17. The van der Waals surface area contributed by atoms with Crippen LogP contribution in [0.25, 0.3) is 5.82 Å². The largest absolute Gasteiger partial charge is 0.463 e. The summed E-state index contributed by atoms with van der Waals surface area (Å²) in [6, 6.07) is -0.00199. The van der Waals surface area contributed by atoms with Gasteiger partial charge in [0.25, 0.3) is 11.4 Å². The Hall–Kier alpha value is -2.51. The van der Waals surface area contributed by atoms with Crippen molar-refractivity contribution >= 4 is 5.97 Å². The predicted octanol–water partition coefficient (Wildman–Crippen LogP) is 0.192. The van der Waals surface area contributed by atoms with Gasteiger partial charge in [-0.3, -0.25) is 4.79 Å². The van der Waals surface area contributed by atoms with Gasteiger partial charge in [-0.15, -0.1) is 5.10 Å². The van der Waals surface area contributed by atoms with Crippen LogP contribution in [0, 0.1) is 0 Å². The van der Waals surface area contributed by atoms with Gasteiger partial charge in [-0.25, -0.2) is 14.8 Å². The van der Waals surface area contributed by atoms with Crippen LogP contribution in [0.4, 0.5) is 0 Å². The SMILES string of the molecule is COC(=O)c1ncn(-c2nccn(C(C)C)c2=O)n1. The van der Waals surface area contributed by atoms with Crippen molar-refractivity contribution in [2.75, 3.05) is 7.11 Å². The molecular formula is C11H13N5O3. The van der Waals surface area contributed by atoms with E-state index < -0.39 is 5.97 Å². The van der Waals surface area contributed by atoms with E-state index in [1.165, 1.54) is 24.2 Å². The van der Waals surface area contributed by atoms with Crippen LogP contribution in [0.2, 0.25) is 0 Å². The molecule has 0 aliphatic heterocycles. The second-order valence-electron chi connectivity index (χ2n) is 4.06. The van der Waals surface area contributed by atoms with Gasteiger partial charge in [-0.2, -0.15) is 4.68 Å². The molecular weight excluding hydrogens is 250 g/mol. The van der Waals surface area contributed by atoms with Crippen LogP contribution in [0.5, 0.6) is 0 Å². The third kappa shape index (κ3) is 2.37. The Bertz CT molecular complexity index is 658. The quantitative estimate of drug-likeness (QED) is 0.734. The van der Waals surface area contributed by atoms with Gasteiger partial charge in [-0.1, -0.05) is 0 Å². The minimum Gasteiger partial charge on any atom is -0.463 e. The molecule has 2 aromatic rings. The molecule has 0 atom stereocenters. The molecule has 0 fully saturated rings. The second kappa shape index (κ2) is 5.01. The number of carbonyl (C=O) groups is 1. The van der Waals surface area contributed by atoms with Crippen LogP contribution in [0.15, 0.2) is 23.5 Å². The molecule has 100 valence electrons. The Kier molecular flexibility index (Phi) is 3.41. The van der Waals surface area contributed by atoms with Crippen LogP contribution >= 0.6 is 0 Å². The fourth-order valence-electron chi connectivity index (χ4n) is 1.53. The van der Waals surface area contributed by atoms with E-state index in [2.05, 4.69) is 19.8 Å². The van der Waals surface area contributed by atoms with E-state index in [0.29, 0.717) is 0 Å². The Balaban J connectivity index is 2.48. The van der Waals surface area contributed by atoms with Crippen molar-refractivity contribution in [3.05, 3.63) is 34.9 Å². The molecule has 2 aromatic heterocycles. The van der Waals surface area contributed by atoms with Gasteiger partial charge in [0, 0.05) is 18.4 Å². The van der Waals surface area contributed by atoms with Crippen molar-refractivity contribution in [3.8, 4) is 5.82 Å². The highest BCUT2D eigenvalue weighted by molar-refractivity contribution is 5.84. The number of ether oxygens (including phenoxy) is 1. The van der Waals surface area contributed by atoms with Crippen molar-refractivity contribution in [2.45, 2.75) is 19.9 Å². The minimum atomic E-state index is -0.668. The molecule has 0 unspecified atom stereocenters. The van der Waals surface area contributed by atoms with Crippen LogP contribution in [0.3, 0.4) is 0 Å². The molecule has 0 spiro atoms. The lowest BCUT2D eigenvalue weighted by molar-refractivity contribution is 0.0587. The molecule has 8 nitrogen and oxygen atoms in total. The number of esters is 1. The first-order valence-corrected chi connectivity index (χ1v) is 5.62. The lowest BCUT2D eigenvalue weighted by Crippen LogP contribution is -2.26. The van der Waals surface area contributed by atoms with Gasteiger partial charge in [0.2, 0.25) is 5.82 Å². The van der Waals surface area contributed by atoms with E-state index in [1.54, 1.807) is 6.20 Å². The Morgan fingerprint density at radius 3 is 2.74 bits per heavy atom. The Morgan fingerprint density at radius 2 is 2.11 bits per heavy atom. The number of hydrogen-bond acceptors (Lipinski definition) is 6. The average Bonchev–Trinajstić information content (AvgIpc) is 2.87. The first-order valence-electron chi connectivity index (χ1n) is 5.62. The van der Waals surface area contributed by atoms with Crippen molar-refractivity contribution in [2.24, 2.45) is 0 Å². The molecule has 0 saturated heterocycles. The van der Waals surface area contributed by atoms with Gasteiger partial charge in [0.05, 0.1) is 7.11 Å². The van der Waals surface area contributed by atoms with Crippen molar-refractivity contribution in [1.29, 1.82) is 0 Å². The summed E-state index contributed by atoms with van der Waals surface area (Å²) in [6.45, 7) is 3.76. The average molecular weight is 263 g/mol. The first-order chi connectivity index (χ1) is 9.04. The highest BCUT2D eigenvalue weighted by atomic mass is 16.5. The van der Waals surface area contributed by atoms with Crippen molar-refractivity contribution in [1.82, 2.24) is 24.3 Å². The number of hydrogen-bond donors (Lipinski definition) is 0. The first kappa shape index (κ1) is 12.9. The van der Waals surface area contributed by atoms with Gasteiger partial charge >= 0.3 is 5.97 Å². The molecule has 0 aromatic carbocycles. The highest BCUT2D eigenvalue weighted by Gasteiger charge is 2.15. The van der Waals surface area contributed by atoms with Crippen LogP contribution in [-0.4, -0.2) is 37.4 Å². The monoisotopic (exact) mass is 263 g/mol. The zero-order chi connectivity index (χ0) is 14.0. The molecule has 0 aliphatic carbocycles. The fraction of sp³-hybridized carbons (Fsp3) is 0.364. The molecule has 19 heavy (non-hydrogen) atoms. The lowest BCUT2D eigenvalue weighted by atomic mass is 10.4. The zero-order valence-electron chi connectivity index (χ0n) is 10.8. The summed E-state index contributed by atoms with van der Waals surface area (Å²) in [6.07, 6.45) is 4.34. The topological polar surface area (TPSA) is 91.9 Å². The molecule has 0 aliphatic rings. The molecule has 8 heteroatoms. The molecule has 0 radical (unpaired) electrons. The standard InChI is InChI=1S/C11H13N5O3/c1-7(2)15-5-4-12-9(10(15)17)16-6-13-8(14-16)11(18)19-3/h4-7H,1-3H3. The maximum absolute atomic E-state index is 12.2. The number of aromatic nitrogens is 5. The summed E-state index contributed by atoms with van der Waals surface area (Å²) in [5, 5.41) is 3.87. The summed E-state index contributed by atoms with van der Waals surface area (Å²) in [5.74, 6) is -0.707. The number of methoxy groups -OCH3 is 1. The Morgan fingerprint density at radius 1 is 1.37 bits per heavy atom. The minimum absolute atomic E-state index is 0.00199. The number of rotatable bonds is 3. The van der Waals surface area contributed by atoms with Gasteiger partial charge in [0.1, 0.15) is 6.33 Å². The number of carbonyl (C=O) groups excluding carboxylic acids is 1. The van der Waals surface area contributed by atoms with E-state index in [-0.39, 0.29) is 23.2 Å². The van der Waals surface area contributed by atoms with Gasteiger partial charge < -0.3 is 9.30 Å². The maximum Gasteiger partial charge on any atom is 0.377 e.